The van der Waals surface area contributed by atoms with E-state index in [4.69, 9.17) is 38.3 Å². The van der Waals surface area contributed by atoms with Crippen LogP contribution in [0.25, 0.3) is 44.1 Å². The van der Waals surface area contributed by atoms with E-state index in [1.54, 1.807) is 7.11 Å². The summed E-state index contributed by atoms with van der Waals surface area (Å²) in [4.78, 5) is 5.88. The van der Waals surface area contributed by atoms with Crippen molar-refractivity contribution in [2.24, 2.45) is 0 Å². The molecule has 11 nitrogen and oxygen atoms in total. The maximum absolute atomic E-state index is 9.02. The number of hydrogen-bond donors (Lipinski definition) is 2. The second-order valence-electron chi connectivity index (χ2n) is 19.5. The lowest BCUT2D eigenvalue weighted by Gasteiger charge is -2.36. The highest BCUT2D eigenvalue weighted by Gasteiger charge is 2.47. The maximum Gasteiger partial charge on any atom is 0.142 e. The van der Waals surface area contributed by atoms with Gasteiger partial charge in [0.25, 0.3) is 0 Å². The number of aliphatic hydroxyl groups excluding tert-OH is 1. The molecule has 0 fully saturated rings. The summed E-state index contributed by atoms with van der Waals surface area (Å²) in [6, 6.07) is 41.4. The van der Waals surface area contributed by atoms with Gasteiger partial charge in [-0.25, -0.2) is 0 Å². The summed E-state index contributed by atoms with van der Waals surface area (Å²) in [6.45, 7) is 13.9. The topological polar surface area (TPSA) is 104 Å². The molecule has 376 valence electrons. The van der Waals surface area contributed by atoms with Crippen LogP contribution in [0.3, 0.4) is 0 Å². The van der Waals surface area contributed by atoms with Crippen LogP contribution in [0.1, 0.15) is 51.4 Å². The molecule has 2 N–H and O–H groups in total. The van der Waals surface area contributed by atoms with E-state index < -0.39 is 5.41 Å². The van der Waals surface area contributed by atoms with Gasteiger partial charge in [0.05, 0.1) is 111 Å². The number of quaternary nitrogens is 1. The van der Waals surface area contributed by atoms with Gasteiger partial charge in [-0.15, -0.1) is 0 Å². The van der Waals surface area contributed by atoms with Crippen molar-refractivity contribution in [3.63, 3.8) is 0 Å². The second kappa shape index (κ2) is 23.7. The average Bonchev–Trinajstić information content (AvgIpc) is 3.87. The second-order valence-corrected chi connectivity index (χ2v) is 19.5. The Balaban J connectivity index is 1.24. The molecular weight excluding hydrogens is 891 g/mol. The summed E-state index contributed by atoms with van der Waals surface area (Å²) in [5, 5.41) is 11.5. The molecule has 0 aliphatic heterocycles. The number of aryl methyl sites for hydroxylation is 2. The van der Waals surface area contributed by atoms with Gasteiger partial charge < -0.3 is 52.6 Å². The Bertz CT molecular complexity index is 2890. The Kier molecular flexibility index (Phi) is 17.3. The molecule has 0 radical (unpaired) electrons. The van der Waals surface area contributed by atoms with Crippen molar-refractivity contribution in [3.8, 4) is 28.0 Å². The first kappa shape index (κ1) is 51.7. The third kappa shape index (κ3) is 11.7. The number of aromatic nitrogens is 1. The van der Waals surface area contributed by atoms with Crippen LogP contribution in [0.4, 0.5) is 5.69 Å². The minimum absolute atomic E-state index is 0.00404. The zero-order chi connectivity index (χ0) is 50.0. The van der Waals surface area contributed by atoms with Crippen LogP contribution in [-0.2, 0) is 47.0 Å². The van der Waals surface area contributed by atoms with Crippen LogP contribution in [0.15, 0.2) is 109 Å². The Morgan fingerprint density at radius 2 is 1.13 bits per heavy atom. The third-order valence-corrected chi connectivity index (χ3v) is 13.9. The summed E-state index contributed by atoms with van der Waals surface area (Å²) in [5.41, 5.74) is 17.0. The Morgan fingerprint density at radius 1 is 0.563 bits per heavy atom. The third-order valence-electron chi connectivity index (χ3n) is 13.9. The average molecular weight is 965 g/mol. The molecule has 1 heterocycles. The lowest BCUT2D eigenvalue weighted by atomic mass is 9.66. The fraction of sp³-hybridized carbons (Fsp3) is 0.400. The number of anilines is 1. The van der Waals surface area contributed by atoms with Gasteiger partial charge in [0.2, 0.25) is 0 Å². The highest BCUT2D eigenvalue weighted by molar-refractivity contribution is 6.08. The van der Waals surface area contributed by atoms with Gasteiger partial charge in [0, 0.05) is 48.6 Å². The first-order valence-corrected chi connectivity index (χ1v) is 25.1. The fourth-order valence-corrected chi connectivity index (χ4v) is 9.91. The SMILES string of the molecule is CC[N+](C)(C)Cc1cc(C2(c3ccc(OCCOCCOCCOC)c(N(C)C)c3)c3cc(C)ccc3-c3ccc(-c4ccc5c(c4)[nH]c4cc(C)ccc45)cc32)ccc1COCCOCCOCCO. The summed E-state index contributed by atoms with van der Waals surface area (Å²) in [5.74, 6) is 0.795. The molecule has 0 saturated heterocycles. The minimum Gasteiger partial charge on any atom is -0.489 e. The minimum atomic E-state index is -0.714. The number of hydrogen-bond acceptors (Lipinski definition) is 9. The van der Waals surface area contributed by atoms with Crippen molar-refractivity contribution in [1.82, 2.24) is 4.98 Å². The van der Waals surface area contributed by atoms with E-state index in [9.17, 15) is 0 Å². The molecule has 11 heteroatoms. The molecule has 71 heavy (non-hydrogen) atoms. The number of fused-ring (bicyclic) bond motifs is 6. The number of rotatable bonds is 27. The van der Waals surface area contributed by atoms with Gasteiger partial charge in [0.1, 0.15) is 18.9 Å². The van der Waals surface area contributed by atoms with Crippen LogP contribution in [0.2, 0.25) is 0 Å². The lowest BCUT2D eigenvalue weighted by molar-refractivity contribution is -0.901. The smallest absolute Gasteiger partial charge is 0.142 e. The predicted molar refractivity (Wildman–Crippen MR) is 286 cm³/mol. The van der Waals surface area contributed by atoms with Crippen LogP contribution in [-0.4, -0.2) is 136 Å². The van der Waals surface area contributed by atoms with E-state index >= 15 is 0 Å². The standard InChI is InChI=1S/C60H74N3O8/c1-9-63(6,7)40-47-36-48(15-12-46(47)41-70-31-30-68-27-26-66-23-22-64)60(49-16-21-59(58(39-49)62(4)5)71-33-32-69-29-28-67-25-24-65-8)54-34-42(2)10-17-50(54)51-19-13-44(37-55(51)60)45-14-20-53-52-18-11-43(3)35-56(52)61-57(53)38-45/h10-21,34-39,61,64H,9,22-33,40-41H2,1-8H3/q+1. The lowest BCUT2D eigenvalue weighted by Crippen LogP contribution is -2.38. The Labute approximate surface area is 420 Å². The summed E-state index contributed by atoms with van der Waals surface area (Å²) < 4.78 is 41.3. The van der Waals surface area contributed by atoms with Crippen LogP contribution >= 0.6 is 0 Å². The Hall–Kier alpha value is -5.60. The van der Waals surface area contributed by atoms with Crippen molar-refractivity contribution in [1.29, 1.82) is 0 Å². The van der Waals surface area contributed by atoms with Crippen LogP contribution in [0.5, 0.6) is 5.75 Å². The van der Waals surface area contributed by atoms with Crippen LogP contribution < -0.4 is 9.64 Å². The first-order valence-electron chi connectivity index (χ1n) is 25.1. The molecule has 1 aliphatic rings. The maximum atomic E-state index is 9.02. The van der Waals surface area contributed by atoms with E-state index in [0.717, 1.165) is 62.3 Å². The number of aromatic amines is 1. The van der Waals surface area contributed by atoms with Crippen molar-refractivity contribution >= 4 is 27.5 Å². The number of nitrogens with zero attached hydrogens (tertiary/aromatic N) is 2. The molecular formula is C60H74N3O8+. The van der Waals surface area contributed by atoms with Crippen LogP contribution in [0, 0.1) is 13.8 Å². The highest BCUT2D eigenvalue weighted by Crippen LogP contribution is 2.58. The summed E-state index contributed by atoms with van der Waals surface area (Å²) in [7, 11) is 10.4. The van der Waals surface area contributed by atoms with E-state index in [1.165, 1.54) is 55.3 Å². The molecule has 7 aromatic rings. The molecule has 0 bridgehead atoms. The molecule has 1 unspecified atom stereocenters. The van der Waals surface area contributed by atoms with Gasteiger partial charge in [-0.05, 0) is 113 Å². The number of ether oxygens (including phenoxy) is 7. The van der Waals surface area contributed by atoms with E-state index in [2.05, 4.69) is 168 Å². The predicted octanol–water partition coefficient (Wildman–Crippen LogP) is 10.2. The number of aliphatic hydroxyl groups is 1. The van der Waals surface area contributed by atoms with Gasteiger partial charge in [-0.2, -0.15) is 0 Å². The van der Waals surface area contributed by atoms with E-state index in [-0.39, 0.29) is 6.61 Å². The molecule has 1 aromatic heterocycles. The highest BCUT2D eigenvalue weighted by atomic mass is 16.6. The summed E-state index contributed by atoms with van der Waals surface area (Å²) in [6.07, 6.45) is 0. The molecule has 0 spiro atoms. The normalized spacial score (nSPS) is 14.4. The van der Waals surface area contributed by atoms with Crippen molar-refractivity contribution in [2.45, 2.75) is 39.3 Å². The van der Waals surface area contributed by atoms with E-state index in [1.807, 2.05) is 0 Å². The number of H-pyrrole nitrogens is 1. The quantitative estimate of drug-likeness (QED) is 0.0385. The first-order chi connectivity index (χ1) is 34.5. The molecule has 1 aliphatic carbocycles. The monoisotopic (exact) mass is 965 g/mol. The number of benzene rings is 6. The Morgan fingerprint density at radius 3 is 1.83 bits per heavy atom. The van der Waals surface area contributed by atoms with Crippen molar-refractivity contribution in [3.05, 3.63) is 154 Å². The molecule has 1 atom stereocenters. The summed E-state index contributed by atoms with van der Waals surface area (Å²) >= 11 is 0. The van der Waals surface area contributed by atoms with E-state index in [0.29, 0.717) is 79.3 Å². The fourth-order valence-electron chi connectivity index (χ4n) is 9.91. The van der Waals surface area contributed by atoms with Gasteiger partial charge in [-0.3, -0.25) is 0 Å². The van der Waals surface area contributed by atoms with Gasteiger partial charge in [0.15, 0.2) is 0 Å². The largest absolute Gasteiger partial charge is 0.489 e. The van der Waals surface area contributed by atoms with Gasteiger partial charge in [-0.1, -0.05) is 78.4 Å². The number of methoxy groups -OCH3 is 1. The molecule has 0 saturated carbocycles. The molecule has 8 rings (SSSR count). The number of nitrogens with one attached hydrogen (secondary N) is 1. The van der Waals surface area contributed by atoms with Crippen molar-refractivity contribution < 1.29 is 42.7 Å². The van der Waals surface area contributed by atoms with Gasteiger partial charge >= 0.3 is 0 Å². The zero-order valence-electron chi connectivity index (χ0n) is 43.2. The molecule has 6 aromatic carbocycles. The molecule has 0 amide bonds. The zero-order valence-corrected chi connectivity index (χ0v) is 43.2. The van der Waals surface area contributed by atoms with Crippen molar-refractivity contribution in [2.75, 3.05) is 126 Å².